The highest BCUT2D eigenvalue weighted by atomic mass is 16.5. The van der Waals surface area contributed by atoms with Crippen molar-refractivity contribution in [2.75, 3.05) is 25.5 Å². The Hall–Kier alpha value is -1.69. The van der Waals surface area contributed by atoms with E-state index in [0.717, 1.165) is 25.9 Å². The van der Waals surface area contributed by atoms with Crippen molar-refractivity contribution in [3.05, 3.63) is 17.8 Å². The van der Waals surface area contributed by atoms with Crippen LogP contribution >= 0.6 is 0 Å². The summed E-state index contributed by atoms with van der Waals surface area (Å²) in [5, 5.41) is 13.4. The second-order valence-corrected chi connectivity index (χ2v) is 4.23. The van der Waals surface area contributed by atoms with Crippen molar-refractivity contribution >= 4 is 11.7 Å². The number of nitrogens with one attached hydrogen (secondary N) is 2. The van der Waals surface area contributed by atoms with E-state index >= 15 is 0 Å². The first-order valence-corrected chi connectivity index (χ1v) is 6.21. The number of anilines is 1. The zero-order valence-corrected chi connectivity index (χ0v) is 10.5. The molecule has 1 atom stereocenters. The summed E-state index contributed by atoms with van der Waals surface area (Å²) < 4.78 is 5.48. The van der Waals surface area contributed by atoms with Gasteiger partial charge in [-0.15, -0.1) is 10.2 Å². The molecule has 0 saturated carbocycles. The third kappa shape index (κ3) is 3.40. The maximum Gasteiger partial charge on any atom is 0.271 e. The number of hydrogen-bond acceptors (Lipinski definition) is 5. The number of rotatable bonds is 5. The predicted octanol–water partition coefficient (Wildman–Crippen LogP) is 0.817. The van der Waals surface area contributed by atoms with Gasteiger partial charge in [-0.05, 0) is 31.4 Å². The SMILES string of the molecule is CNc1ccc(C(=O)NCCC2CCCO2)nn1. The molecule has 0 spiro atoms. The largest absolute Gasteiger partial charge is 0.378 e. The molecule has 1 aliphatic heterocycles. The van der Waals surface area contributed by atoms with Gasteiger partial charge in [-0.1, -0.05) is 0 Å². The molecule has 0 aromatic carbocycles. The second-order valence-electron chi connectivity index (χ2n) is 4.23. The van der Waals surface area contributed by atoms with Crippen LogP contribution in [0.2, 0.25) is 0 Å². The smallest absolute Gasteiger partial charge is 0.271 e. The van der Waals surface area contributed by atoms with Gasteiger partial charge in [-0.3, -0.25) is 4.79 Å². The summed E-state index contributed by atoms with van der Waals surface area (Å²) in [5.41, 5.74) is 0.335. The van der Waals surface area contributed by atoms with E-state index < -0.39 is 0 Å². The predicted molar refractivity (Wildman–Crippen MR) is 67.5 cm³/mol. The zero-order chi connectivity index (χ0) is 12.8. The molecular formula is C12H18N4O2. The molecule has 1 saturated heterocycles. The van der Waals surface area contributed by atoms with E-state index in [4.69, 9.17) is 4.74 Å². The van der Waals surface area contributed by atoms with Crippen LogP contribution in [0, 0.1) is 0 Å². The topological polar surface area (TPSA) is 76.1 Å². The molecule has 0 bridgehead atoms. The molecule has 18 heavy (non-hydrogen) atoms. The van der Waals surface area contributed by atoms with Gasteiger partial charge in [0, 0.05) is 20.2 Å². The summed E-state index contributed by atoms with van der Waals surface area (Å²) in [4.78, 5) is 11.7. The molecule has 1 amide bonds. The van der Waals surface area contributed by atoms with Gasteiger partial charge >= 0.3 is 0 Å². The third-order valence-corrected chi connectivity index (χ3v) is 2.93. The lowest BCUT2D eigenvalue weighted by Crippen LogP contribution is -2.28. The minimum absolute atomic E-state index is 0.192. The van der Waals surface area contributed by atoms with Gasteiger partial charge in [-0.2, -0.15) is 0 Å². The fourth-order valence-electron chi connectivity index (χ4n) is 1.90. The van der Waals surface area contributed by atoms with Gasteiger partial charge in [0.25, 0.3) is 5.91 Å². The van der Waals surface area contributed by atoms with Crippen LogP contribution < -0.4 is 10.6 Å². The first-order chi connectivity index (χ1) is 8.79. The number of aromatic nitrogens is 2. The van der Waals surface area contributed by atoms with Gasteiger partial charge in [0.05, 0.1) is 6.10 Å². The Morgan fingerprint density at radius 1 is 1.50 bits per heavy atom. The normalized spacial score (nSPS) is 18.6. The van der Waals surface area contributed by atoms with E-state index in [1.54, 1.807) is 19.2 Å². The number of ether oxygens (including phenoxy) is 1. The van der Waals surface area contributed by atoms with E-state index in [-0.39, 0.29) is 5.91 Å². The summed E-state index contributed by atoms with van der Waals surface area (Å²) in [5.74, 6) is 0.453. The summed E-state index contributed by atoms with van der Waals surface area (Å²) >= 11 is 0. The van der Waals surface area contributed by atoms with Crippen LogP contribution in [-0.2, 0) is 4.74 Å². The molecule has 1 aromatic heterocycles. The number of hydrogen-bond donors (Lipinski definition) is 2. The minimum atomic E-state index is -0.192. The molecule has 2 N–H and O–H groups in total. The lowest BCUT2D eigenvalue weighted by molar-refractivity contribution is 0.0902. The van der Waals surface area contributed by atoms with Crippen LogP contribution in [0.25, 0.3) is 0 Å². The average molecular weight is 250 g/mol. The number of amides is 1. The molecule has 2 heterocycles. The summed E-state index contributed by atoms with van der Waals surface area (Å²) in [6.45, 7) is 1.45. The van der Waals surface area contributed by atoms with Crippen LogP contribution in [0.3, 0.4) is 0 Å². The molecule has 0 radical (unpaired) electrons. The van der Waals surface area contributed by atoms with Gasteiger partial charge < -0.3 is 15.4 Å². The fourth-order valence-corrected chi connectivity index (χ4v) is 1.90. The summed E-state index contributed by atoms with van der Waals surface area (Å²) in [6.07, 6.45) is 3.36. The Bertz CT molecular complexity index is 388. The van der Waals surface area contributed by atoms with Crippen molar-refractivity contribution in [1.82, 2.24) is 15.5 Å². The lowest BCUT2D eigenvalue weighted by atomic mass is 10.2. The van der Waals surface area contributed by atoms with Crippen molar-refractivity contribution in [1.29, 1.82) is 0 Å². The standard InChI is InChI=1S/C12H18N4O2/c1-13-11-5-4-10(15-16-11)12(17)14-7-6-9-3-2-8-18-9/h4-5,9H,2-3,6-8H2,1H3,(H,13,16)(H,14,17). The van der Waals surface area contributed by atoms with Gasteiger partial charge in [-0.25, -0.2) is 0 Å². The number of carbonyl (C=O) groups excluding carboxylic acids is 1. The molecule has 6 nitrogen and oxygen atoms in total. The summed E-state index contributed by atoms with van der Waals surface area (Å²) in [6, 6.07) is 3.38. The Labute approximate surface area is 106 Å². The fraction of sp³-hybridized carbons (Fsp3) is 0.583. The Morgan fingerprint density at radius 3 is 3.00 bits per heavy atom. The van der Waals surface area contributed by atoms with Gasteiger partial charge in [0.2, 0.25) is 0 Å². The van der Waals surface area contributed by atoms with E-state index in [1.165, 1.54) is 0 Å². The molecule has 1 unspecified atom stereocenters. The molecule has 0 aliphatic carbocycles. The quantitative estimate of drug-likeness (QED) is 0.809. The van der Waals surface area contributed by atoms with Crippen LogP contribution in [0.1, 0.15) is 29.8 Å². The van der Waals surface area contributed by atoms with E-state index in [1.807, 2.05) is 0 Å². The van der Waals surface area contributed by atoms with Crippen molar-refractivity contribution in [3.63, 3.8) is 0 Å². The molecule has 1 aliphatic rings. The van der Waals surface area contributed by atoms with Crippen LogP contribution in [0.15, 0.2) is 12.1 Å². The number of nitrogens with zero attached hydrogens (tertiary/aromatic N) is 2. The molecular weight excluding hydrogens is 232 g/mol. The van der Waals surface area contributed by atoms with Gasteiger partial charge in [0.1, 0.15) is 5.82 Å². The Balaban J connectivity index is 1.76. The average Bonchev–Trinajstić information content (AvgIpc) is 2.92. The van der Waals surface area contributed by atoms with Crippen LogP contribution in [0.5, 0.6) is 0 Å². The Kier molecular flexibility index (Phi) is 4.46. The first kappa shape index (κ1) is 12.8. The maximum absolute atomic E-state index is 11.7. The van der Waals surface area contributed by atoms with Crippen molar-refractivity contribution in [3.8, 4) is 0 Å². The number of carbonyl (C=O) groups is 1. The van der Waals surface area contributed by atoms with E-state index in [2.05, 4.69) is 20.8 Å². The van der Waals surface area contributed by atoms with E-state index in [9.17, 15) is 4.79 Å². The molecule has 98 valence electrons. The minimum Gasteiger partial charge on any atom is -0.378 e. The summed E-state index contributed by atoms with van der Waals surface area (Å²) in [7, 11) is 1.76. The lowest BCUT2D eigenvalue weighted by Gasteiger charge is -2.09. The molecule has 1 aromatic rings. The highest BCUT2D eigenvalue weighted by molar-refractivity contribution is 5.92. The second kappa shape index (κ2) is 6.30. The highest BCUT2D eigenvalue weighted by Crippen LogP contribution is 2.14. The molecule has 2 rings (SSSR count). The van der Waals surface area contributed by atoms with Crippen molar-refractivity contribution < 1.29 is 9.53 Å². The third-order valence-electron chi connectivity index (χ3n) is 2.93. The van der Waals surface area contributed by atoms with Crippen LogP contribution in [-0.4, -0.2) is 42.4 Å². The monoisotopic (exact) mass is 250 g/mol. The Morgan fingerprint density at radius 2 is 2.39 bits per heavy atom. The van der Waals surface area contributed by atoms with Crippen LogP contribution in [0.4, 0.5) is 5.82 Å². The van der Waals surface area contributed by atoms with E-state index in [0.29, 0.717) is 24.2 Å². The van der Waals surface area contributed by atoms with Crippen molar-refractivity contribution in [2.45, 2.75) is 25.4 Å². The molecule has 1 fully saturated rings. The zero-order valence-electron chi connectivity index (χ0n) is 10.5. The maximum atomic E-state index is 11.7. The van der Waals surface area contributed by atoms with Gasteiger partial charge in [0.15, 0.2) is 5.69 Å². The highest BCUT2D eigenvalue weighted by Gasteiger charge is 2.15. The van der Waals surface area contributed by atoms with Crippen molar-refractivity contribution in [2.24, 2.45) is 0 Å². The first-order valence-electron chi connectivity index (χ1n) is 6.21. The molecule has 6 heteroatoms.